The lowest BCUT2D eigenvalue weighted by molar-refractivity contribution is 0.0601. The van der Waals surface area contributed by atoms with Crippen LogP contribution in [-0.2, 0) is 4.74 Å². The predicted octanol–water partition coefficient (Wildman–Crippen LogP) is 1.07. The van der Waals surface area contributed by atoms with E-state index in [-0.39, 0.29) is 5.97 Å². The molecule has 0 aromatic heterocycles. The maximum Gasteiger partial charge on any atom is 0.340 e. The van der Waals surface area contributed by atoms with Crippen LogP contribution in [0.4, 0.5) is 5.69 Å². The Morgan fingerprint density at radius 2 is 2.23 bits per heavy atom. The summed E-state index contributed by atoms with van der Waals surface area (Å²) in [5.41, 5.74) is 4.34. The fourth-order valence-corrected chi connectivity index (χ4v) is 1.16. The Hall–Kier alpha value is -1.55. The second kappa shape index (κ2) is 3.91. The van der Waals surface area contributed by atoms with Gasteiger partial charge in [-0.1, -0.05) is 12.1 Å². The molecule has 0 fully saturated rings. The molecule has 0 saturated heterocycles. The molecular formula is C9H12N2O2. The average molecular weight is 180 g/mol. The fourth-order valence-electron chi connectivity index (χ4n) is 1.16. The molecule has 1 aromatic carbocycles. The van der Waals surface area contributed by atoms with Crippen LogP contribution in [0.5, 0.6) is 0 Å². The summed E-state index contributed by atoms with van der Waals surface area (Å²) in [5, 5.41) is 0. The van der Waals surface area contributed by atoms with Crippen molar-refractivity contribution in [2.24, 2.45) is 5.84 Å². The Bertz CT molecular complexity index is 323. The topological polar surface area (TPSA) is 64.3 Å². The maximum atomic E-state index is 11.3. The van der Waals surface area contributed by atoms with Gasteiger partial charge in [0.05, 0.1) is 18.4 Å². The zero-order valence-corrected chi connectivity index (χ0v) is 7.63. The van der Waals surface area contributed by atoms with Gasteiger partial charge in [-0.05, 0) is 18.6 Å². The van der Waals surface area contributed by atoms with Gasteiger partial charge in [0.15, 0.2) is 0 Å². The number of methoxy groups -OCH3 is 1. The molecule has 4 nitrogen and oxygen atoms in total. The number of hydrazine groups is 1. The lowest BCUT2D eigenvalue weighted by atomic mass is 10.1. The number of carbonyl (C=O) groups is 1. The van der Waals surface area contributed by atoms with Gasteiger partial charge in [0.2, 0.25) is 0 Å². The molecule has 0 bridgehead atoms. The molecule has 3 N–H and O–H groups in total. The number of benzene rings is 1. The van der Waals surface area contributed by atoms with Crippen molar-refractivity contribution in [2.45, 2.75) is 6.92 Å². The molecule has 0 aliphatic carbocycles. The molecule has 1 rings (SSSR count). The first-order valence-corrected chi connectivity index (χ1v) is 3.85. The van der Waals surface area contributed by atoms with Crippen LogP contribution in [0.3, 0.4) is 0 Å². The number of esters is 1. The fraction of sp³-hybridized carbons (Fsp3) is 0.222. The highest BCUT2D eigenvalue weighted by atomic mass is 16.5. The quantitative estimate of drug-likeness (QED) is 0.406. The molecule has 0 saturated carbocycles. The Labute approximate surface area is 76.7 Å². The Kier molecular flexibility index (Phi) is 2.87. The second-order valence-corrected chi connectivity index (χ2v) is 2.63. The van der Waals surface area contributed by atoms with Crippen molar-refractivity contribution in [3.8, 4) is 0 Å². The van der Waals surface area contributed by atoms with Gasteiger partial charge >= 0.3 is 5.97 Å². The van der Waals surface area contributed by atoms with Crippen molar-refractivity contribution in [2.75, 3.05) is 12.5 Å². The SMILES string of the molecule is COC(=O)c1c(C)cccc1NN. The number of ether oxygens (including phenoxy) is 1. The summed E-state index contributed by atoms with van der Waals surface area (Å²) in [6.45, 7) is 1.83. The summed E-state index contributed by atoms with van der Waals surface area (Å²) in [6.07, 6.45) is 0. The molecule has 0 aliphatic heterocycles. The Morgan fingerprint density at radius 1 is 1.54 bits per heavy atom. The van der Waals surface area contributed by atoms with Gasteiger partial charge in [-0.3, -0.25) is 5.84 Å². The summed E-state index contributed by atoms with van der Waals surface area (Å²) in [6, 6.07) is 5.36. The van der Waals surface area contributed by atoms with Crippen molar-refractivity contribution >= 4 is 11.7 Å². The zero-order chi connectivity index (χ0) is 9.84. The van der Waals surface area contributed by atoms with Crippen LogP contribution in [0.2, 0.25) is 0 Å². The average Bonchev–Trinajstić information content (AvgIpc) is 2.16. The number of nitrogens with one attached hydrogen (secondary N) is 1. The summed E-state index contributed by atoms with van der Waals surface area (Å²) in [5.74, 6) is 4.87. The minimum atomic E-state index is -0.383. The number of anilines is 1. The standard InChI is InChI=1S/C9H12N2O2/c1-6-4-3-5-7(11-10)8(6)9(12)13-2/h3-5,11H,10H2,1-2H3. The van der Waals surface area contributed by atoms with E-state index in [1.165, 1.54) is 7.11 Å². The van der Waals surface area contributed by atoms with Crippen molar-refractivity contribution in [1.29, 1.82) is 0 Å². The molecule has 0 spiro atoms. The van der Waals surface area contributed by atoms with Gasteiger partial charge in [0, 0.05) is 0 Å². The van der Waals surface area contributed by atoms with E-state index >= 15 is 0 Å². The summed E-state index contributed by atoms with van der Waals surface area (Å²) in [7, 11) is 1.34. The third kappa shape index (κ3) is 1.78. The Balaban J connectivity index is 3.22. The number of hydrogen-bond donors (Lipinski definition) is 2. The van der Waals surface area contributed by atoms with Gasteiger partial charge in [-0.15, -0.1) is 0 Å². The molecular weight excluding hydrogens is 168 g/mol. The van der Waals surface area contributed by atoms with Gasteiger partial charge in [-0.2, -0.15) is 0 Å². The van der Waals surface area contributed by atoms with Gasteiger partial charge in [0.25, 0.3) is 0 Å². The third-order valence-electron chi connectivity index (χ3n) is 1.82. The summed E-state index contributed by atoms with van der Waals surface area (Å²) in [4.78, 5) is 11.3. The van der Waals surface area contributed by atoms with E-state index in [1.807, 2.05) is 19.1 Å². The van der Waals surface area contributed by atoms with Crippen molar-refractivity contribution in [3.63, 3.8) is 0 Å². The molecule has 0 radical (unpaired) electrons. The lowest BCUT2D eigenvalue weighted by Gasteiger charge is -2.09. The van der Waals surface area contributed by atoms with E-state index in [4.69, 9.17) is 5.84 Å². The third-order valence-corrected chi connectivity index (χ3v) is 1.82. The minimum absolute atomic E-state index is 0.383. The highest BCUT2D eigenvalue weighted by molar-refractivity contribution is 5.97. The summed E-state index contributed by atoms with van der Waals surface area (Å²) >= 11 is 0. The van der Waals surface area contributed by atoms with E-state index in [2.05, 4.69) is 10.2 Å². The van der Waals surface area contributed by atoms with Crippen molar-refractivity contribution in [1.82, 2.24) is 0 Å². The molecule has 1 aromatic rings. The molecule has 0 atom stereocenters. The first-order valence-electron chi connectivity index (χ1n) is 3.85. The molecule has 0 heterocycles. The number of rotatable bonds is 2. The Morgan fingerprint density at radius 3 is 2.77 bits per heavy atom. The lowest BCUT2D eigenvalue weighted by Crippen LogP contribution is -2.14. The number of nitrogens with two attached hydrogens (primary N) is 1. The predicted molar refractivity (Wildman–Crippen MR) is 50.3 cm³/mol. The number of aryl methyl sites for hydroxylation is 1. The highest BCUT2D eigenvalue weighted by Crippen LogP contribution is 2.18. The molecule has 0 amide bonds. The van der Waals surface area contributed by atoms with Crippen LogP contribution in [0.25, 0.3) is 0 Å². The molecule has 0 aliphatic rings. The van der Waals surface area contributed by atoms with E-state index < -0.39 is 0 Å². The largest absolute Gasteiger partial charge is 0.465 e. The monoisotopic (exact) mass is 180 g/mol. The summed E-state index contributed by atoms with van der Waals surface area (Å²) < 4.78 is 4.63. The van der Waals surface area contributed by atoms with Crippen molar-refractivity contribution in [3.05, 3.63) is 29.3 Å². The molecule has 0 unspecified atom stereocenters. The van der Waals surface area contributed by atoms with Crippen LogP contribution in [0.1, 0.15) is 15.9 Å². The second-order valence-electron chi connectivity index (χ2n) is 2.63. The smallest absolute Gasteiger partial charge is 0.340 e. The van der Waals surface area contributed by atoms with Gasteiger partial charge < -0.3 is 10.2 Å². The molecule has 4 heteroatoms. The van der Waals surface area contributed by atoms with Gasteiger partial charge in [0.1, 0.15) is 0 Å². The van der Waals surface area contributed by atoms with Gasteiger partial charge in [-0.25, -0.2) is 4.79 Å². The zero-order valence-electron chi connectivity index (χ0n) is 7.63. The normalized spacial score (nSPS) is 9.46. The van der Waals surface area contributed by atoms with Crippen LogP contribution in [-0.4, -0.2) is 13.1 Å². The van der Waals surface area contributed by atoms with Crippen LogP contribution in [0, 0.1) is 6.92 Å². The first-order chi connectivity index (χ1) is 6.20. The van der Waals surface area contributed by atoms with E-state index in [1.54, 1.807) is 6.07 Å². The van der Waals surface area contributed by atoms with Crippen LogP contribution < -0.4 is 11.3 Å². The number of nitrogen functional groups attached to an aromatic ring is 1. The highest BCUT2D eigenvalue weighted by Gasteiger charge is 2.13. The molecule has 13 heavy (non-hydrogen) atoms. The van der Waals surface area contributed by atoms with Crippen LogP contribution >= 0.6 is 0 Å². The maximum absolute atomic E-state index is 11.3. The number of carbonyl (C=O) groups excluding carboxylic acids is 1. The first kappa shape index (κ1) is 9.54. The van der Waals surface area contributed by atoms with E-state index in [9.17, 15) is 4.79 Å². The van der Waals surface area contributed by atoms with E-state index in [0.29, 0.717) is 11.3 Å². The van der Waals surface area contributed by atoms with Crippen LogP contribution in [0.15, 0.2) is 18.2 Å². The molecule has 70 valence electrons. The van der Waals surface area contributed by atoms with E-state index in [0.717, 1.165) is 5.56 Å². The number of hydrogen-bond acceptors (Lipinski definition) is 4. The minimum Gasteiger partial charge on any atom is -0.465 e. The van der Waals surface area contributed by atoms with Crippen molar-refractivity contribution < 1.29 is 9.53 Å².